The summed E-state index contributed by atoms with van der Waals surface area (Å²) in [7, 11) is 1.31. The molecule has 1 aromatic carbocycles. The van der Waals surface area contributed by atoms with Crippen molar-refractivity contribution in [2.24, 2.45) is 0 Å². The second kappa shape index (κ2) is 7.65. The maximum atomic E-state index is 12.3. The van der Waals surface area contributed by atoms with Crippen molar-refractivity contribution in [2.75, 3.05) is 13.7 Å². The number of carbonyl (C=O) groups excluding carboxylic acids is 2. The van der Waals surface area contributed by atoms with Gasteiger partial charge in [-0.3, -0.25) is 9.69 Å². The molecule has 2 N–H and O–H groups in total. The number of benzene rings is 1. The van der Waals surface area contributed by atoms with E-state index < -0.39 is 24.6 Å². The van der Waals surface area contributed by atoms with Crippen LogP contribution in [0.4, 0.5) is 4.79 Å². The first kappa shape index (κ1) is 16.8. The molecule has 122 valence electrons. The molecule has 8 heteroatoms. The molecular formula is C16H15N5O3. The Balaban J connectivity index is 2.22. The number of H-pyrrole nitrogens is 1. The highest BCUT2D eigenvalue weighted by Gasteiger charge is 2.26. The van der Waals surface area contributed by atoms with E-state index in [-0.39, 0.29) is 6.42 Å². The van der Waals surface area contributed by atoms with Crippen molar-refractivity contribution in [1.29, 1.82) is 10.5 Å². The number of nitriles is 2. The number of nitrogens with one attached hydrogen (secondary N) is 2. The number of aromatic nitrogens is 1. The van der Waals surface area contributed by atoms with Gasteiger partial charge < -0.3 is 15.0 Å². The van der Waals surface area contributed by atoms with Gasteiger partial charge in [-0.1, -0.05) is 18.2 Å². The molecule has 1 unspecified atom stereocenters. The molecule has 0 aliphatic rings. The predicted molar refractivity (Wildman–Crippen MR) is 84.3 cm³/mol. The van der Waals surface area contributed by atoms with Crippen LogP contribution in [-0.4, -0.2) is 41.6 Å². The molecule has 2 amide bonds. The monoisotopic (exact) mass is 325 g/mol. The lowest BCUT2D eigenvalue weighted by molar-refractivity contribution is -0.129. The van der Waals surface area contributed by atoms with Crippen LogP contribution in [0.2, 0.25) is 0 Å². The quantitative estimate of drug-likeness (QED) is 0.633. The molecule has 0 saturated heterocycles. The minimum Gasteiger partial charge on any atom is -0.434 e. The molecule has 2 aromatic rings. The Morgan fingerprint density at radius 3 is 2.83 bits per heavy atom. The zero-order chi connectivity index (χ0) is 17.5. The fourth-order valence-electron chi connectivity index (χ4n) is 2.29. The molecule has 1 aromatic heterocycles. The largest absolute Gasteiger partial charge is 0.434 e. The summed E-state index contributed by atoms with van der Waals surface area (Å²) in [5, 5.41) is 20.6. The summed E-state index contributed by atoms with van der Waals surface area (Å²) >= 11 is 0. The average Bonchev–Trinajstić information content (AvgIpc) is 3.01. The van der Waals surface area contributed by atoms with E-state index in [1.807, 2.05) is 24.3 Å². The van der Waals surface area contributed by atoms with Gasteiger partial charge in [0.25, 0.3) is 5.91 Å². The highest BCUT2D eigenvalue weighted by Crippen LogP contribution is 2.19. The molecule has 2 rings (SSSR count). The van der Waals surface area contributed by atoms with E-state index in [9.17, 15) is 9.59 Å². The van der Waals surface area contributed by atoms with Crippen LogP contribution in [0.1, 0.15) is 5.56 Å². The van der Waals surface area contributed by atoms with Crippen molar-refractivity contribution < 1.29 is 14.3 Å². The van der Waals surface area contributed by atoms with E-state index in [2.05, 4.69) is 15.0 Å². The number of ether oxygens (including phenoxy) is 1. The van der Waals surface area contributed by atoms with Gasteiger partial charge in [-0.15, -0.1) is 0 Å². The van der Waals surface area contributed by atoms with E-state index in [0.717, 1.165) is 21.4 Å². The summed E-state index contributed by atoms with van der Waals surface area (Å²) in [6.07, 6.45) is 2.75. The molecular weight excluding hydrogens is 310 g/mol. The van der Waals surface area contributed by atoms with Gasteiger partial charge in [0.05, 0.1) is 0 Å². The Labute approximate surface area is 138 Å². The topological polar surface area (TPSA) is 122 Å². The van der Waals surface area contributed by atoms with Crippen LogP contribution in [0.5, 0.6) is 0 Å². The first-order valence-electron chi connectivity index (χ1n) is 7.09. The number of rotatable bonds is 5. The normalized spacial score (nSPS) is 11.1. The molecule has 0 spiro atoms. The molecule has 0 bridgehead atoms. The number of nitrogens with zero attached hydrogens (tertiary/aromatic N) is 3. The number of amides is 2. The predicted octanol–water partition coefficient (Wildman–Crippen LogP) is 1.27. The third-order valence-corrected chi connectivity index (χ3v) is 3.44. The molecule has 0 saturated carbocycles. The molecule has 24 heavy (non-hydrogen) atoms. The van der Waals surface area contributed by atoms with E-state index in [0.29, 0.717) is 0 Å². The molecule has 1 atom stereocenters. The molecule has 0 aliphatic carbocycles. The zero-order valence-electron chi connectivity index (χ0n) is 12.9. The van der Waals surface area contributed by atoms with E-state index >= 15 is 0 Å². The number of fused-ring (bicyclic) bond motifs is 1. The number of hydrogen-bond acceptors (Lipinski definition) is 5. The fourth-order valence-corrected chi connectivity index (χ4v) is 2.29. The number of hydrogen-bond donors (Lipinski definition) is 2. The van der Waals surface area contributed by atoms with Crippen LogP contribution in [-0.2, 0) is 16.0 Å². The molecule has 0 radical (unpaired) electrons. The van der Waals surface area contributed by atoms with Crippen LogP contribution in [0.25, 0.3) is 10.9 Å². The smallest absolute Gasteiger partial charge is 0.408 e. The van der Waals surface area contributed by atoms with Gasteiger partial charge in [0.15, 0.2) is 12.8 Å². The minimum atomic E-state index is -0.986. The molecule has 1 heterocycles. The van der Waals surface area contributed by atoms with Crippen molar-refractivity contribution in [3.8, 4) is 12.3 Å². The third-order valence-electron chi connectivity index (χ3n) is 3.44. The zero-order valence-corrected chi connectivity index (χ0v) is 12.9. The standard InChI is InChI=1S/C16H15N5O3/c1-21(10-18)15(22)14(20-16(23)24-7-6-17)8-11-9-19-13-5-3-2-4-12(11)13/h2-5,9,14,19H,7-8H2,1H3,(H,20,23). The number of para-hydroxylation sites is 1. The van der Waals surface area contributed by atoms with Crippen molar-refractivity contribution in [1.82, 2.24) is 15.2 Å². The maximum absolute atomic E-state index is 12.3. The summed E-state index contributed by atoms with van der Waals surface area (Å²) in [4.78, 5) is 27.9. The summed E-state index contributed by atoms with van der Waals surface area (Å²) in [6.45, 7) is -0.423. The highest BCUT2D eigenvalue weighted by molar-refractivity contribution is 5.89. The molecule has 8 nitrogen and oxygen atoms in total. The van der Waals surface area contributed by atoms with Gasteiger partial charge in [-0.05, 0) is 11.6 Å². The van der Waals surface area contributed by atoms with Crippen LogP contribution in [0.15, 0.2) is 30.5 Å². The third kappa shape index (κ3) is 3.81. The molecule has 0 aliphatic heterocycles. The summed E-state index contributed by atoms with van der Waals surface area (Å²) in [5.41, 5.74) is 1.72. The Kier molecular flexibility index (Phi) is 5.37. The van der Waals surface area contributed by atoms with Crippen LogP contribution < -0.4 is 5.32 Å². The lowest BCUT2D eigenvalue weighted by Gasteiger charge is -2.19. The number of likely N-dealkylation sites (N-methyl/N-ethyl adjacent to an activating group) is 1. The first-order valence-corrected chi connectivity index (χ1v) is 7.09. The minimum absolute atomic E-state index is 0.177. The van der Waals surface area contributed by atoms with Gasteiger partial charge in [-0.2, -0.15) is 10.5 Å². The van der Waals surface area contributed by atoms with Crippen LogP contribution in [0, 0.1) is 22.8 Å². The second-order valence-corrected chi connectivity index (χ2v) is 4.99. The summed E-state index contributed by atoms with van der Waals surface area (Å²) in [6, 6.07) is 8.22. The van der Waals surface area contributed by atoms with Gasteiger partial charge >= 0.3 is 6.09 Å². The van der Waals surface area contributed by atoms with Crippen molar-refractivity contribution in [3.05, 3.63) is 36.0 Å². The van der Waals surface area contributed by atoms with Crippen LogP contribution >= 0.6 is 0 Å². The number of aromatic amines is 1. The van der Waals surface area contributed by atoms with Gasteiger partial charge in [0, 0.05) is 30.6 Å². The van der Waals surface area contributed by atoms with Crippen molar-refractivity contribution >= 4 is 22.9 Å². The summed E-state index contributed by atoms with van der Waals surface area (Å²) in [5.74, 6) is -0.573. The first-order chi connectivity index (χ1) is 11.6. The van der Waals surface area contributed by atoms with E-state index in [1.54, 1.807) is 18.5 Å². The Morgan fingerprint density at radius 1 is 1.38 bits per heavy atom. The lowest BCUT2D eigenvalue weighted by atomic mass is 10.0. The van der Waals surface area contributed by atoms with E-state index in [1.165, 1.54) is 7.05 Å². The SMILES string of the molecule is CN(C#N)C(=O)C(Cc1c[nH]c2ccccc12)NC(=O)OCC#N. The fraction of sp³-hybridized carbons (Fsp3) is 0.250. The van der Waals surface area contributed by atoms with E-state index in [4.69, 9.17) is 10.5 Å². The Hall–Kier alpha value is -3.52. The Morgan fingerprint density at radius 2 is 2.12 bits per heavy atom. The van der Waals surface area contributed by atoms with Crippen LogP contribution in [0.3, 0.4) is 0 Å². The number of carbonyl (C=O) groups is 2. The van der Waals surface area contributed by atoms with Gasteiger partial charge in [0.2, 0.25) is 0 Å². The lowest BCUT2D eigenvalue weighted by Crippen LogP contribution is -2.47. The second-order valence-electron chi connectivity index (χ2n) is 4.99. The van der Waals surface area contributed by atoms with Gasteiger partial charge in [0.1, 0.15) is 12.1 Å². The Bertz CT molecular complexity index is 830. The molecule has 0 fully saturated rings. The van der Waals surface area contributed by atoms with Crippen molar-refractivity contribution in [2.45, 2.75) is 12.5 Å². The highest BCUT2D eigenvalue weighted by atomic mass is 16.5. The average molecular weight is 325 g/mol. The number of alkyl carbamates (subject to hydrolysis) is 1. The maximum Gasteiger partial charge on any atom is 0.408 e. The van der Waals surface area contributed by atoms with Gasteiger partial charge in [-0.25, -0.2) is 4.79 Å². The summed E-state index contributed by atoms with van der Waals surface area (Å²) < 4.78 is 4.62. The van der Waals surface area contributed by atoms with Crippen molar-refractivity contribution in [3.63, 3.8) is 0 Å².